The molecule has 8 heteroatoms. The van der Waals surface area contributed by atoms with Crippen molar-refractivity contribution in [1.82, 2.24) is 9.97 Å². The number of anilines is 1. The molecule has 3 aromatic rings. The molecule has 6 nitrogen and oxygen atoms in total. The van der Waals surface area contributed by atoms with Crippen molar-refractivity contribution in [2.75, 3.05) is 17.7 Å². The second-order valence-electron chi connectivity index (χ2n) is 6.67. The average Bonchev–Trinajstić information content (AvgIpc) is 2.72. The Kier molecular flexibility index (Phi) is 5.34. The van der Waals surface area contributed by atoms with E-state index in [0.717, 1.165) is 35.3 Å². The summed E-state index contributed by atoms with van der Waals surface area (Å²) in [6.07, 6.45) is 3.54. The zero-order valence-corrected chi connectivity index (χ0v) is 17.2. The van der Waals surface area contributed by atoms with Gasteiger partial charge in [-0.1, -0.05) is 29.4 Å². The minimum atomic E-state index is -0.300. The van der Waals surface area contributed by atoms with Crippen molar-refractivity contribution in [3.8, 4) is 22.8 Å². The van der Waals surface area contributed by atoms with Crippen LogP contribution in [0.1, 0.15) is 22.3 Å². The van der Waals surface area contributed by atoms with E-state index in [4.69, 9.17) is 11.6 Å². The number of aromatic hydroxyl groups is 2. The van der Waals surface area contributed by atoms with Crippen LogP contribution in [0, 0.1) is 0 Å². The predicted octanol–water partition coefficient (Wildman–Crippen LogP) is 4.52. The highest BCUT2D eigenvalue weighted by Gasteiger charge is 2.26. The Morgan fingerprint density at radius 3 is 2.72 bits per heavy atom. The lowest BCUT2D eigenvalue weighted by Gasteiger charge is -2.30. The molecule has 0 saturated carbocycles. The van der Waals surface area contributed by atoms with E-state index < -0.39 is 0 Å². The fraction of sp³-hybridized carbons (Fsp3) is 0.190. The van der Waals surface area contributed by atoms with Crippen LogP contribution in [-0.4, -0.2) is 38.9 Å². The number of amides is 1. The highest BCUT2D eigenvalue weighted by atomic mass is 35.5. The van der Waals surface area contributed by atoms with Gasteiger partial charge in [0, 0.05) is 29.9 Å². The number of halogens is 1. The Morgan fingerprint density at radius 2 is 1.97 bits per heavy atom. The highest BCUT2D eigenvalue weighted by Crippen LogP contribution is 2.34. The summed E-state index contributed by atoms with van der Waals surface area (Å²) in [5.74, 6) is -0.624. The quantitative estimate of drug-likeness (QED) is 0.363. The number of thioether (sulfide) groups is 1. The van der Waals surface area contributed by atoms with E-state index in [0.29, 0.717) is 16.9 Å². The third-order valence-electron chi connectivity index (χ3n) is 4.81. The molecule has 0 fully saturated rings. The molecule has 1 aliphatic heterocycles. The number of aryl methyl sites for hydroxylation is 1. The second kappa shape index (κ2) is 7.93. The molecule has 0 bridgehead atoms. The van der Waals surface area contributed by atoms with Crippen LogP contribution < -0.4 is 4.90 Å². The third-order valence-corrected chi connectivity index (χ3v) is 5.55. The smallest absolute Gasteiger partial charge is 0.262 e. The number of hydrogen-bond acceptors (Lipinski definition) is 6. The number of carbonyl (C=O) groups is 1. The molecule has 2 N–H and O–H groups in total. The van der Waals surface area contributed by atoms with E-state index in [1.54, 1.807) is 11.0 Å². The van der Waals surface area contributed by atoms with Gasteiger partial charge in [-0.15, -0.1) is 0 Å². The second-order valence-corrected chi connectivity index (χ2v) is 7.83. The standard InChI is InChI=1S/C21H18ClN3O3S/c1-29-21-23-16(11-19(22)24-21)12-4-7-17-13(9-12)3-2-8-25(17)20(28)15-6-5-14(26)10-18(15)27/h4-7,9-11,26-27H,2-3,8H2,1H3. The predicted molar refractivity (Wildman–Crippen MR) is 114 cm³/mol. The number of hydrogen-bond donors (Lipinski definition) is 2. The van der Waals surface area contributed by atoms with Crippen LogP contribution in [0.25, 0.3) is 11.3 Å². The topological polar surface area (TPSA) is 86.6 Å². The van der Waals surface area contributed by atoms with Gasteiger partial charge < -0.3 is 15.1 Å². The Labute approximate surface area is 177 Å². The number of rotatable bonds is 3. The lowest BCUT2D eigenvalue weighted by Crippen LogP contribution is -2.35. The van der Waals surface area contributed by atoms with Crippen molar-refractivity contribution in [3.63, 3.8) is 0 Å². The van der Waals surface area contributed by atoms with E-state index >= 15 is 0 Å². The molecular formula is C21H18ClN3O3S. The van der Waals surface area contributed by atoms with Gasteiger partial charge in [-0.05, 0) is 48.9 Å². The van der Waals surface area contributed by atoms with Crippen LogP contribution in [0.3, 0.4) is 0 Å². The van der Waals surface area contributed by atoms with E-state index in [2.05, 4.69) is 9.97 Å². The van der Waals surface area contributed by atoms with Gasteiger partial charge in [0.1, 0.15) is 16.7 Å². The number of phenolic OH excluding ortho intramolecular Hbond substituents is 2. The van der Waals surface area contributed by atoms with Crippen molar-refractivity contribution in [1.29, 1.82) is 0 Å². The molecule has 29 heavy (non-hydrogen) atoms. The largest absolute Gasteiger partial charge is 0.508 e. The molecule has 0 radical (unpaired) electrons. The first-order valence-electron chi connectivity index (χ1n) is 9.02. The van der Waals surface area contributed by atoms with Gasteiger partial charge in [0.25, 0.3) is 5.91 Å². The van der Waals surface area contributed by atoms with E-state index in [1.807, 2.05) is 24.5 Å². The van der Waals surface area contributed by atoms with Crippen molar-refractivity contribution >= 4 is 35.0 Å². The van der Waals surface area contributed by atoms with Gasteiger partial charge in [-0.25, -0.2) is 9.97 Å². The number of benzene rings is 2. The molecule has 4 rings (SSSR count). The van der Waals surface area contributed by atoms with Crippen LogP contribution in [0.5, 0.6) is 11.5 Å². The first kappa shape index (κ1) is 19.5. The maximum absolute atomic E-state index is 13.0. The molecule has 0 aliphatic carbocycles. The summed E-state index contributed by atoms with van der Waals surface area (Å²) >= 11 is 7.55. The number of phenols is 2. The maximum atomic E-state index is 13.0. The number of aromatic nitrogens is 2. The monoisotopic (exact) mass is 427 g/mol. The van der Waals surface area contributed by atoms with Gasteiger partial charge in [-0.3, -0.25) is 4.79 Å². The number of carbonyl (C=O) groups excluding carboxylic acids is 1. The normalized spacial score (nSPS) is 13.2. The van der Waals surface area contributed by atoms with Crippen molar-refractivity contribution in [2.45, 2.75) is 18.0 Å². The summed E-state index contributed by atoms with van der Waals surface area (Å²) in [4.78, 5) is 23.4. The zero-order valence-electron chi connectivity index (χ0n) is 15.6. The van der Waals surface area contributed by atoms with Gasteiger partial charge in [-0.2, -0.15) is 0 Å². The molecule has 0 saturated heterocycles. The minimum absolute atomic E-state index is 0.0872. The fourth-order valence-electron chi connectivity index (χ4n) is 3.45. The van der Waals surface area contributed by atoms with Crippen LogP contribution >= 0.6 is 23.4 Å². The first-order valence-corrected chi connectivity index (χ1v) is 10.6. The van der Waals surface area contributed by atoms with E-state index in [1.165, 1.54) is 30.0 Å². The SMILES string of the molecule is CSc1nc(Cl)cc(-c2ccc3c(c2)CCCN3C(=O)c2ccc(O)cc2O)n1. The number of fused-ring (bicyclic) bond motifs is 1. The summed E-state index contributed by atoms with van der Waals surface area (Å²) in [5.41, 5.74) is 3.64. The Balaban J connectivity index is 1.70. The van der Waals surface area contributed by atoms with Crippen molar-refractivity contribution < 1.29 is 15.0 Å². The molecule has 0 spiro atoms. The lowest BCUT2D eigenvalue weighted by molar-refractivity contribution is 0.0982. The highest BCUT2D eigenvalue weighted by molar-refractivity contribution is 7.98. The third kappa shape index (κ3) is 3.88. The van der Waals surface area contributed by atoms with Gasteiger partial charge in [0.05, 0.1) is 11.3 Å². The molecule has 0 unspecified atom stereocenters. The van der Waals surface area contributed by atoms with Gasteiger partial charge in [0.2, 0.25) is 0 Å². The van der Waals surface area contributed by atoms with E-state index in [-0.39, 0.29) is 23.0 Å². The van der Waals surface area contributed by atoms with Crippen molar-refractivity contribution in [3.05, 3.63) is 58.7 Å². The minimum Gasteiger partial charge on any atom is -0.508 e. The van der Waals surface area contributed by atoms with Crippen LogP contribution in [0.4, 0.5) is 5.69 Å². The van der Waals surface area contributed by atoms with E-state index in [9.17, 15) is 15.0 Å². The van der Waals surface area contributed by atoms with Crippen molar-refractivity contribution in [2.24, 2.45) is 0 Å². The van der Waals surface area contributed by atoms with Gasteiger partial charge >= 0.3 is 0 Å². The lowest BCUT2D eigenvalue weighted by atomic mass is 9.97. The van der Waals surface area contributed by atoms with Crippen LogP contribution in [-0.2, 0) is 6.42 Å². The molecular weight excluding hydrogens is 410 g/mol. The first-order chi connectivity index (χ1) is 14.0. The molecule has 1 aromatic heterocycles. The van der Waals surface area contributed by atoms with Crippen LogP contribution in [0.2, 0.25) is 5.15 Å². The fourth-order valence-corrected chi connectivity index (χ4v) is 4.06. The molecule has 2 heterocycles. The summed E-state index contributed by atoms with van der Waals surface area (Å²) < 4.78 is 0. The number of nitrogens with zero attached hydrogens (tertiary/aromatic N) is 3. The molecule has 1 amide bonds. The maximum Gasteiger partial charge on any atom is 0.262 e. The molecule has 1 aliphatic rings. The van der Waals surface area contributed by atoms with Crippen LogP contribution in [0.15, 0.2) is 47.6 Å². The average molecular weight is 428 g/mol. The molecule has 0 atom stereocenters. The summed E-state index contributed by atoms with van der Waals surface area (Å²) in [6.45, 7) is 0.557. The Bertz CT molecular complexity index is 1110. The Hall–Kier alpha value is -2.77. The van der Waals surface area contributed by atoms with Gasteiger partial charge in [0.15, 0.2) is 5.16 Å². The zero-order chi connectivity index (χ0) is 20.5. The summed E-state index contributed by atoms with van der Waals surface area (Å²) in [6, 6.07) is 11.5. The summed E-state index contributed by atoms with van der Waals surface area (Å²) in [7, 11) is 0. The summed E-state index contributed by atoms with van der Waals surface area (Å²) in [5, 5.41) is 20.5. The Morgan fingerprint density at radius 1 is 1.14 bits per heavy atom. The molecule has 148 valence electrons. The molecule has 2 aromatic carbocycles.